The first kappa shape index (κ1) is 25.3. The highest BCUT2D eigenvalue weighted by atomic mass is 32.2. The summed E-state index contributed by atoms with van der Waals surface area (Å²) < 4.78 is 38.8. The van der Waals surface area contributed by atoms with Gasteiger partial charge in [0.15, 0.2) is 0 Å². The van der Waals surface area contributed by atoms with Gasteiger partial charge in [0.05, 0.1) is 25.7 Å². The lowest BCUT2D eigenvalue weighted by atomic mass is 10.2. The van der Waals surface area contributed by atoms with Crippen molar-refractivity contribution < 1.29 is 22.7 Å². The third kappa shape index (κ3) is 6.15. The molecule has 0 aliphatic rings. The van der Waals surface area contributed by atoms with Gasteiger partial charge in [0.25, 0.3) is 0 Å². The second-order valence-electron chi connectivity index (χ2n) is 7.99. The van der Waals surface area contributed by atoms with E-state index in [0.717, 1.165) is 16.9 Å². The van der Waals surface area contributed by atoms with Crippen LogP contribution in [0.4, 0.5) is 0 Å². The lowest BCUT2D eigenvalue weighted by molar-refractivity contribution is -0.130. The number of amides is 1. The molecular weight excluding hydrogens is 452 g/mol. The van der Waals surface area contributed by atoms with Gasteiger partial charge in [-0.3, -0.25) is 4.79 Å². The van der Waals surface area contributed by atoms with Gasteiger partial charge in [-0.2, -0.15) is 4.31 Å². The van der Waals surface area contributed by atoms with Gasteiger partial charge in [0, 0.05) is 20.1 Å². The van der Waals surface area contributed by atoms with E-state index in [4.69, 9.17) is 9.47 Å². The number of carbonyl (C=O) groups is 1. The number of benzene rings is 3. The summed E-state index contributed by atoms with van der Waals surface area (Å²) in [5.74, 6) is 1.03. The molecule has 0 aliphatic carbocycles. The summed E-state index contributed by atoms with van der Waals surface area (Å²) in [5, 5.41) is 0. The number of rotatable bonds is 10. The van der Waals surface area contributed by atoms with Crippen molar-refractivity contribution in [2.24, 2.45) is 0 Å². The number of aryl methyl sites for hydroxylation is 1. The van der Waals surface area contributed by atoms with Crippen LogP contribution in [0.5, 0.6) is 11.5 Å². The number of hydrogen-bond acceptors (Lipinski definition) is 5. The number of sulfonamides is 1. The Balaban J connectivity index is 1.84. The van der Waals surface area contributed by atoms with Crippen LogP contribution in [0.3, 0.4) is 0 Å². The minimum atomic E-state index is -3.94. The molecule has 0 spiro atoms. The van der Waals surface area contributed by atoms with E-state index in [9.17, 15) is 13.2 Å². The van der Waals surface area contributed by atoms with Gasteiger partial charge < -0.3 is 14.4 Å². The summed E-state index contributed by atoms with van der Waals surface area (Å²) in [6.07, 6.45) is 0. The molecule has 0 saturated heterocycles. The van der Waals surface area contributed by atoms with Gasteiger partial charge in [-0.25, -0.2) is 8.42 Å². The van der Waals surface area contributed by atoms with Gasteiger partial charge in [-0.05, 0) is 53.9 Å². The molecule has 0 N–H and O–H groups in total. The minimum absolute atomic E-state index is 0.0797. The van der Waals surface area contributed by atoms with Crippen molar-refractivity contribution in [1.82, 2.24) is 9.21 Å². The summed E-state index contributed by atoms with van der Waals surface area (Å²) in [6, 6.07) is 21.3. The zero-order chi connectivity index (χ0) is 24.7. The van der Waals surface area contributed by atoms with Crippen LogP contribution < -0.4 is 9.47 Å². The third-order valence-corrected chi connectivity index (χ3v) is 7.31. The maximum absolute atomic E-state index is 13.6. The topological polar surface area (TPSA) is 76.2 Å². The summed E-state index contributed by atoms with van der Waals surface area (Å²) in [7, 11) is 0.852. The van der Waals surface area contributed by atoms with E-state index in [1.165, 1.54) is 22.4 Å². The Labute approximate surface area is 201 Å². The summed E-state index contributed by atoms with van der Waals surface area (Å²) in [4.78, 5) is 14.7. The van der Waals surface area contributed by atoms with Crippen molar-refractivity contribution >= 4 is 15.9 Å². The summed E-state index contributed by atoms with van der Waals surface area (Å²) in [6.45, 7) is 1.93. The average molecular weight is 483 g/mol. The smallest absolute Gasteiger partial charge is 0.243 e. The van der Waals surface area contributed by atoms with E-state index >= 15 is 0 Å². The predicted octanol–water partition coefficient (Wildman–Crippen LogP) is 3.86. The number of methoxy groups -OCH3 is 2. The minimum Gasteiger partial charge on any atom is -0.497 e. The van der Waals surface area contributed by atoms with Gasteiger partial charge >= 0.3 is 0 Å². The fourth-order valence-electron chi connectivity index (χ4n) is 3.54. The third-order valence-electron chi connectivity index (χ3n) is 5.52. The number of ether oxygens (including phenoxy) is 2. The monoisotopic (exact) mass is 482 g/mol. The van der Waals surface area contributed by atoms with Gasteiger partial charge in [0.2, 0.25) is 15.9 Å². The van der Waals surface area contributed by atoms with Crippen molar-refractivity contribution in [2.45, 2.75) is 24.9 Å². The molecule has 0 aliphatic heterocycles. The number of nitrogens with zero attached hydrogens (tertiary/aromatic N) is 2. The maximum atomic E-state index is 13.6. The second kappa shape index (κ2) is 11.2. The zero-order valence-electron chi connectivity index (χ0n) is 19.9. The molecule has 34 heavy (non-hydrogen) atoms. The van der Waals surface area contributed by atoms with E-state index in [1.807, 2.05) is 54.6 Å². The lowest BCUT2D eigenvalue weighted by Crippen LogP contribution is -2.41. The van der Waals surface area contributed by atoms with E-state index in [-0.39, 0.29) is 23.9 Å². The van der Waals surface area contributed by atoms with Gasteiger partial charge in [-0.1, -0.05) is 42.5 Å². The molecule has 0 fully saturated rings. The second-order valence-corrected chi connectivity index (χ2v) is 9.93. The maximum Gasteiger partial charge on any atom is 0.243 e. The van der Waals surface area contributed by atoms with Crippen LogP contribution in [0, 0.1) is 6.92 Å². The molecular formula is C26H30N2O5S. The Bertz CT molecular complexity index is 1210. The zero-order valence-corrected chi connectivity index (χ0v) is 20.7. The quantitative estimate of drug-likeness (QED) is 0.439. The largest absolute Gasteiger partial charge is 0.497 e. The Hall–Kier alpha value is -3.36. The molecule has 0 heterocycles. The number of hydrogen-bond donors (Lipinski definition) is 0. The van der Waals surface area contributed by atoms with Gasteiger partial charge in [0.1, 0.15) is 11.5 Å². The molecule has 3 aromatic carbocycles. The molecule has 3 aromatic rings. The molecule has 0 bridgehead atoms. The van der Waals surface area contributed by atoms with Crippen LogP contribution in [0.1, 0.15) is 16.7 Å². The Morgan fingerprint density at radius 2 is 1.50 bits per heavy atom. The summed E-state index contributed by atoms with van der Waals surface area (Å²) >= 11 is 0. The first-order chi connectivity index (χ1) is 16.2. The highest BCUT2D eigenvalue weighted by Crippen LogP contribution is 2.25. The SMILES string of the molecule is COc1ccc(CN(C)C(=O)CN(Cc2ccccc2)S(=O)(=O)c2ccc(OC)c(C)c2)cc1. The lowest BCUT2D eigenvalue weighted by Gasteiger charge is -2.25. The number of likely N-dealkylation sites (N-methyl/N-ethyl adjacent to an activating group) is 1. The molecule has 3 rings (SSSR count). The van der Waals surface area contributed by atoms with Crippen LogP contribution in [-0.2, 0) is 27.9 Å². The molecule has 0 aromatic heterocycles. The Kier molecular flexibility index (Phi) is 8.31. The van der Waals surface area contributed by atoms with Crippen molar-refractivity contribution in [3.8, 4) is 11.5 Å². The van der Waals surface area contributed by atoms with E-state index < -0.39 is 10.0 Å². The summed E-state index contributed by atoms with van der Waals surface area (Å²) in [5.41, 5.74) is 2.41. The highest BCUT2D eigenvalue weighted by Gasteiger charge is 2.28. The molecule has 180 valence electrons. The standard InChI is InChI=1S/C26H30N2O5S/c1-20-16-24(14-15-25(20)33-4)34(30,31)28(18-21-8-6-5-7-9-21)19-26(29)27(2)17-22-10-12-23(32-3)13-11-22/h5-16H,17-19H2,1-4H3. The fraction of sp³-hybridized carbons (Fsp3) is 0.269. The van der Waals surface area contributed by atoms with Crippen LogP contribution >= 0.6 is 0 Å². The predicted molar refractivity (Wildman–Crippen MR) is 131 cm³/mol. The van der Waals surface area contributed by atoms with Gasteiger partial charge in [-0.15, -0.1) is 0 Å². The van der Waals surface area contributed by atoms with Crippen molar-refractivity contribution in [2.75, 3.05) is 27.8 Å². The van der Waals surface area contributed by atoms with Crippen molar-refractivity contribution in [3.63, 3.8) is 0 Å². The van der Waals surface area contributed by atoms with Crippen LogP contribution in [0.15, 0.2) is 77.7 Å². The molecule has 0 unspecified atom stereocenters. The highest BCUT2D eigenvalue weighted by molar-refractivity contribution is 7.89. The Morgan fingerprint density at radius 1 is 0.853 bits per heavy atom. The number of carbonyl (C=O) groups excluding carboxylic acids is 1. The molecule has 0 saturated carbocycles. The van der Waals surface area contributed by atoms with Crippen molar-refractivity contribution in [1.29, 1.82) is 0 Å². The van der Waals surface area contributed by atoms with Crippen molar-refractivity contribution in [3.05, 3.63) is 89.5 Å². The van der Waals surface area contributed by atoms with Crippen LogP contribution in [0.25, 0.3) is 0 Å². The van der Waals surface area contributed by atoms with Crippen LogP contribution in [0.2, 0.25) is 0 Å². The van der Waals surface area contributed by atoms with E-state index in [2.05, 4.69) is 0 Å². The molecule has 8 heteroatoms. The average Bonchev–Trinajstić information content (AvgIpc) is 2.84. The normalized spacial score (nSPS) is 11.3. The fourth-order valence-corrected chi connectivity index (χ4v) is 5.00. The Morgan fingerprint density at radius 3 is 2.09 bits per heavy atom. The first-order valence-corrected chi connectivity index (χ1v) is 12.2. The molecule has 0 radical (unpaired) electrons. The molecule has 7 nitrogen and oxygen atoms in total. The first-order valence-electron chi connectivity index (χ1n) is 10.8. The van der Waals surface area contributed by atoms with Crippen LogP contribution in [-0.4, -0.2) is 51.3 Å². The molecule has 0 atom stereocenters. The van der Waals surface area contributed by atoms with E-state index in [0.29, 0.717) is 17.9 Å². The molecule has 1 amide bonds. The van der Waals surface area contributed by atoms with E-state index in [1.54, 1.807) is 33.2 Å².